The Balaban J connectivity index is 0.00000169. The molecule has 0 heterocycles. The third kappa shape index (κ3) is 6.86. The van der Waals surface area contributed by atoms with Crippen LogP contribution in [-0.2, 0) is 0 Å². The molecule has 1 rings (SSSR count). The number of allylic oxidation sites excluding steroid dienone is 4. The molecule has 0 amide bonds. The molecule has 0 unspecified atom stereocenters. The van der Waals surface area contributed by atoms with Crippen molar-refractivity contribution in [2.45, 2.75) is 58.3 Å². The smallest absolute Gasteiger partial charge is 0.0805 e. The topological polar surface area (TPSA) is 0 Å². The minimum atomic E-state index is 0. The van der Waals surface area contributed by atoms with E-state index in [1.54, 1.807) is 5.57 Å². The molecule has 0 N–H and O–H groups in total. The third-order valence-electron chi connectivity index (χ3n) is 2.70. The van der Waals surface area contributed by atoms with Gasteiger partial charge in [0.05, 0.1) is 0 Å². The zero-order chi connectivity index (χ0) is 9.36. The maximum Gasteiger partial charge on any atom is 1.00 e. The summed E-state index contributed by atoms with van der Waals surface area (Å²) in [5.41, 5.74) is 1.63. The first-order chi connectivity index (χ1) is 6.43. The fraction of sp³-hybridized carbons (Fsp3) is 0.692. The van der Waals surface area contributed by atoms with Gasteiger partial charge in [-0.05, 0) is 19.3 Å². The molecule has 14 heavy (non-hydrogen) atoms. The maximum absolute atomic E-state index is 2.28. The average Bonchev–Trinajstić information content (AvgIpc) is 2.63. The second kappa shape index (κ2) is 10.0. The van der Waals surface area contributed by atoms with Crippen LogP contribution in [0.4, 0.5) is 0 Å². The maximum atomic E-state index is 2.28. The van der Waals surface area contributed by atoms with Crippen molar-refractivity contribution < 1.29 is 29.6 Å². The predicted molar refractivity (Wildman–Crippen MR) is 59.8 cm³/mol. The Morgan fingerprint density at radius 2 is 1.79 bits per heavy atom. The van der Waals surface area contributed by atoms with Gasteiger partial charge < -0.3 is 0 Å². The second-order valence-electron chi connectivity index (χ2n) is 3.97. The van der Waals surface area contributed by atoms with Crippen molar-refractivity contribution in [3.63, 3.8) is 0 Å². The molecular formula is C13H22Na+. The van der Waals surface area contributed by atoms with Crippen LogP contribution < -0.4 is 29.6 Å². The normalized spacial score (nSPS) is 13.9. The van der Waals surface area contributed by atoms with Gasteiger partial charge in [0.1, 0.15) is 0 Å². The van der Waals surface area contributed by atoms with E-state index in [-0.39, 0.29) is 29.6 Å². The summed E-state index contributed by atoms with van der Waals surface area (Å²) in [6.45, 7) is 2.27. The van der Waals surface area contributed by atoms with Gasteiger partial charge >= 0.3 is 29.6 Å². The number of hydrogen-bond acceptors (Lipinski definition) is 0. The molecule has 0 aromatic heterocycles. The molecule has 0 saturated heterocycles. The van der Waals surface area contributed by atoms with Gasteiger partial charge in [-0.1, -0.05) is 62.8 Å². The molecule has 0 nitrogen and oxygen atoms in total. The summed E-state index contributed by atoms with van der Waals surface area (Å²) in [6.07, 6.45) is 17.8. The molecular weight excluding hydrogens is 179 g/mol. The Hall–Kier alpha value is 0.480. The van der Waals surface area contributed by atoms with Crippen molar-refractivity contribution in [2.24, 2.45) is 0 Å². The summed E-state index contributed by atoms with van der Waals surface area (Å²) in [6, 6.07) is 0. The zero-order valence-corrected chi connectivity index (χ0v) is 11.9. The Bertz CT molecular complexity index is 180. The molecule has 0 aromatic rings. The van der Waals surface area contributed by atoms with Gasteiger partial charge in [0, 0.05) is 0 Å². The summed E-state index contributed by atoms with van der Waals surface area (Å²) in [7, 11) is 0. The van der Waals surface area contributed by atoms with Gasteiger partial charge in [-0.3, -0.25) is 0 Å². The Morgan fingerprint density at radius 3 is 2.43 bits per heavy atom. The number of rotatable bonds is 7. The quantitative estimate of drug-likeness (QED) is 0.434. The van der Waals surface area contributed by atoms with Crippen molar-refractivity contribution in [3.05, 3.63) is 23.8 Å². The molecule has 0 fully saturated rings. The van der Waals surface area contributed by atoms with Crippen LogP contribution in [0.3, 0.4) is 0 Å². The minimum absolute atomic E-state index is 0. The Labute approximate surface area is 111 Å². The molecule has 0 aromatic carbocycles. The van der Waals surface area contributed by atoms with E-state index in [4.69, 9.17) is 0 Å². The van der Waals surface area contributed by atoms with Gasteiger partial charge in [0.25, 0.3) is 0 Å². The summed E-state index contributed by atoms with van der Waals surface area (Å²) in [5, 5.41) is 0. The van der Waals surface area contributed by atoms with Crippen molar-refractivity contribution in [1.82, 2.24) is 0 Å². The van der Waals surface area contributed by atoms with E-state index in [1.807, 2.05) is 0 Å². The van der Waals surface area contributed by atoms with E-state index < -0.39 is 0 Å². The zero-order valence-electron chi connectivity index (χ0n) is 9.89. The van der Waals surface area contributed by atoms with E-state index in [2.05, 4.69) is 25.2 Å². The summed E-state index contributed by atoms with van der Waals surface area (Å²) >= 11 is 0. The molecule has 0 bridgehead atoms. The third-order valence-corrected chi connectivity index (χ3v) is 2.70. The van der Waals surface area contributed by atoms with Crippen molar-refractivity contribution in [3.8, 4) is 0 Å². The van der Waals surface area contributed by atoms with Crippen molar-refractivity contribution in [1.29, 1.82) is 0 Å². The average molecular weight is 201 g/mol. The first kappa shape index (κ1) is 14.5. The molecule has 1 heteroatoms. The minimum Gasteiger partial charge on any atom is -0.0805 e. The molecule has 0 aliphatic heterocycles. The predicted octanol–water partition coefficient (Wildman–Crippen LogP) is 1.63. The summed E-state index contributed by atoms with van der Waals surface area (Å²) in [4.78, 5) is 0. The van der Waals surface area contributed by atoms with Crippen LogP contribution in [-0.4, -0.2) is 0 Å². The SMILES string of the molecule is CCCCCCCCC1=CC=CC1.[Na+]. The van der Waals surface area contributed by atoms with Crippen molar-refractivity contribution >= 4 is 0 Å². The van der Waals surface area contributed by atoms with Gasteiger partial charge in [-0.2, -0.15) is 0 Å². The molecule has 0 radical (unpaired) electrons. The fourth-order valence-electron chi connectivity index (χ4n) is 1.81. The van der Waals surface area contributed by atoms with Crippen LogP contribution >= 0.6 is 0 Å². The second-order valence-corrected chi connectivity index (χ2v) is 3.97. The van der Waals surface area contributed by atoms with Gasteiger partial charge in [-0.15, -0.1) is 0 Å². The van der Waals surface area contributed by atoms with Crippen LogP contribution in [0.2, 0.25) is 0 Å². The molecule has 0 saturated carbocycles. The summed E-state index contributed by atoms with van der Waals surface area (Å²) < 4.78 is 0. The standard InChI is InChI=1S/C13H22.Na/c1-2-3-4-5-6-7-10-13-11-8-9-12-13;/h8-9,11H,2-7,10,12H2,1H3;/q;+1. The molecule has 1 aliphatic rings. The Morgan fingerprint density at radius 1 is 1.07 bits per heavy atom. The van der Waals surface area contributed by atoms with Crippen LogP contribution in [0.1, 0.15) is 58.3 Å². The fourth-order valence-corrected chi connectivity index (χ4v) is 1.81. The van der Waals surface area contributed by atoms with E-state index in [0.29, 0.717) is 0 Å². The largest absolute Gasteiger partial charge is 1.00 e. The number of unbranched alkanes of at least 4 members (excludes halogenated alkanes) is 5. The number of hydrogen-bond donors (Lipinski definition) is 0. The van der Waals surface area contributed by atoms with Crippen molar-refractivity contribution in [2.75, 3.05) is 0 Å². The first-order valence-electron chi connectivity index (χ1n) is 5.78. The van der Waals surface area contributed by atoms with Gasteiger partial charge in [0.15, 0.2) is 0 Å². The van der Waals surface area contributed by atoms with Crippen LogP contribution in [0.25, 0.3) is 0 Å². The van der Waals surface area contributed by atoms with Crippen LogP contribution in [0.5, 0.6) is 0 Å². The van der Waals surface area contributed by atoms with Gasteiger partial charge in [-0.25, -0.2) is 0 Å². The molecule has 0 atom stereocenters. The van der Waals surface area contributed by atoms with Crippen LogP contribution in [0.15, 0.2) is 23.8 Å². The molecule has 1 aliphatic carbocycles. The van der Waals surface area contributed by atoms with E-state index in [0.717, 1.165) is 0 Å². The molecule has 74 valence electrons. The Kier molecular flexibility index (Phi) is 10.4. The van der Waals surface area contributed by atoms with Gasteiger partial charge in [0.2, 0.25) is 0 Å². The summed E-state index contributed by atoms with van der Waals surface area (Å²) in [5.74, 6) is 0. The van der Waals surface area contributed by atoms with Crippen LogP contribution in [0, 0.1) is 0 Å². The van der Waals surface area contributed by atoms with E-state index >= 15 is 0 Å². The molecule has 0 spiro atoms. The first-order valence-corrected chi connectivity index (χ1v) is 5.78. The van der Waals surface area contributed by atoms with E-state index in [9.17, 15) is 0 Å². The monoisotopic (exact) mass is 201 g/mol. The van der Waals surface area contributed by atoms with E-state index in [1.165, 1.54) is 51.4 Å².